The number of benzene rings is 1. The second-order valence-electron chi connectivity index (χ2n) is 8.69. The van der Waals surface area contributed by atoms with Crippen LogP contribution in [0.4, 0.5) is 5.82 Å². The van der Waals surface area contributed by atoms with Gasteiger partial charge in [0.05, 0.1) is 5.69 Å². The largest absolute Gasteiger partial charge is 0.507 e. The lowest BCUT2D eigenvalue weighted by Gasteiger charge is -2.40. The normalized spacial score (nSPS) is 23.3. The average Bonchev–Trinajstić information content (AvgIpc) is 2.77. The lowest BCUT2D eigenvalue weighted by Crippen LogP contribution is -2.49. The molecule has 0 aliphatic carbocycles. The molecule has 1 aromatic carbocycles. The van der Waals surface area contributed by atoms with Gasteiger partial charge in [-0.3, -0.25) is 4.79 Å². The van der Waals surface area contributed by atoms with Crippen LogP contribution in [0.5, 0.6) is 5.75 Å². The van der Waals surface area contributed by atoms with Gasteiger partial charge in [0.2, 0.25) is 5.91 Å². The minimum Gasteiger partial charge on any atom is -0.507 e. The second kappa shape index (κ2) is 9.47. The van der Waals surface area contributed by atoms with Crippen LogP contribution in [0.1, 0.15) is 44.6 Å². The van der Waals surface area contributed by atoms with Crippen LogP contribution in [0.3, 0.4) is 0 Å². The van der Waals surface area contributed by atoms with Crippen LogP contribution in [0.25, 0.3) is 16.8 Å². The van der Waals surface area contributed by atoms with Gasteiger partial charge in [0.25, 0.3) is 0 Å². The second-order valence-corrected chi connectivity index (χ2v) is 8.69. The molecule has 2 aromatic rings. The summed E-state index contributed by atoms with van der Waals surface area (Å²) in [5.74, 6) is 1.36. The molecule has 0 radical (unpaired) electrons. The fourth-order valence-electron chi connectivity index (χ4n) is 4.71. The quantitative estimate of drug-likeness (QED) is 0.534. The van der Waals surface area contributed by atoms with Crippen LogP contribution < -0.4 is 16.0 Å². The number of piperidine rings is 2. The van der Waals surface area contributed by atoms with Crippen molar-refractivity contribution >= 4 is 17.3 Å². The number of phenolic OH excluding ortho intramolecular Hbond substituents is 1. The maximum Gasteiger partial charge on any atom is 0.244 e. The number of fused-ring (bicyclic) bond motifs is 2. The lowest BCUT2D eigenvalue weighted by atomic mass is 9.80. The number of rotatable bonds is 6. The van der Waals surface area contributed by atoms with Gasteiger partial charge in [0, 0.05) is 37.3 Å². The molecule has 4 N–H and O–H groups in total. The highest BCUT2D eigenvalue weighted by Crippen LogP contribution is 2.32. The first-order chi connectivity index (χ1) is 15.0. The fourth-order valence-corrected chi connectivity index (χ4v) is 4.71. The molecule has 0 spiro atoms. The summed E-state index contributed by atoms with van der Waals surface area (Å²) in [6.07, 6.45) is 7.90. The first kappa shape index (κ1) is 21.3. The summed E-state index contributed by atoms with van der Waals surface area (Å²) in [6, 6.07) is 10.4. The zero-order chi connectivity index (χ0) is 21.8. The summed E-state index contributed by atoms with van der Waals surface area (Å²) < 4.78 is 0. The first-order valence-corrected chi connectivity index (χ1v) is 11.1. The molecular formula is C24H31N5O2. The number of anilines is 1. The zero-order valence-electron chi connectivity index (χ0n) is 18.2. The molecule has 2 aliphatic rings. The number of carbonyl (C=O) groups is 1. The van der Waals surface area contributed by atoms with Gasteiger partial charge in [-0.05, 0) is 73.9 Å². The van der Waals surface area contributed by atoms with Crippen LogP contribution in [0.15, 0.2) is 36.4 Å². The van der Waals surface area contributed by atoms with E-state index in [-0.39, 0.29) is 11.7 Å². The molecule has 2 fully saturated rings. The van der Waals surface area contributed by atoms with E-state index in [0.29, 0.717) is 29.3 Å². The number of aromatic hydroxyl groups is 1. The number of nitrogens with one attached hydrogen (secondary N) is 3. The summed E-state index contributed by atoms with van der Waals surface area (Å²) >= 11 is 0. The van der Waals surface area contributed by atoms with Crippen LogP contribution in [0, 0.1) is 5.92 Å². The fraction of sp³-hybridized carbons (Fsp3) is 0.458. The molecule has 4 rings (SSSR count). The molecule has 2 atom stereocenters. The van der Waals surface area contributed by atoms with Gasteiger partial charge in [-0.2, -0.15) is 0 Å². The lowest BCUT2D eigenvalue weighted by molar-refractivity contribution is -0.116. The molecule has 31 heavy (non-hydrogen) atoms. The van der Waals surface area contributed by atoms with E-state index in [1.807, 2.05) is 25.1 Å². The van der Waals surface area contributed by atoms with Crippen molar-refractivity contribution in [1.82, 2.24) is 20.8 Å². The van der Waals surface area contributed by atoms with Crippen LogP contribution >= 0.6 is 0 Å². The molecule has 3 heterocycles. The number of aromatic nitrogens is 2. The third-order valence-electron chi connectivity index (χ3n) is 6.37. The van der Waals surface area contributed by atoms with Crippen molar-refractivity contribution in [3.63, 3.8) is 0 Å². The Balaban J connectivity index is 1.38. The first-order valence-electron chi connectivity index (χ1n) is 11.1. The molecule has 7 heteroatoms. The molecule has 2 unspecified atom stereocenters. The number of nitrogens with zero attached hydrogens (tertiary/aromatic N) is 2. The smallest absolute Gasteiger partial charge is 0.244 e. The number of hydrogen-bond donors (Lipinski definition) is 4. The summed E-state index contributed by atoms with van der Waals surface area (Å²) in [5, 5.41) is 28.8. The van der Waals surface area contributed by atoms with Crippen molar-refractivity contribution in [1.29, 1.82) is 0 Å². The van der Waals surface area contributed by atoms with E-state index in [2.05, 4.69) is 26.1 Å². The number of carbonyl (C=O) groups excluding carboxylic acids is 1. The maximum atomic E-state index is 11.5. The SMILES string of the molecule is CNC(=O)/C=C(\C)c1ccc(-c2ccc(NCC3CC4CCCC(C3)N4)nn2)c(O)c1. The molecule has 0 saturated carbocycles. The van der Waals surface area contributed by atoms with Crippen molar-refractivity contribution < 1.29 is 9.90 Å². The maximum absolute atomic E-state index is 11.5. The van der Waals surface area contributed by atoms with E-state index in [1.165, 1.54) is 38.2 Å². The highest BCUT2D eigenvalue weighted by molar-refractivity contribution is 5.94. The third-order valence-corrected chi connectivity index (χ3v) is 6.37. The van der Waals surface area contributed by atoms with Gasteiger partial charge in [0.15, 0.2) is 0 Å². The van der Waals surface area contributed by atoms with E-state index < -0.39 is 0 Å². The number of amides is 1. The highest BCUT2D eigenvalue weighted by atomic mass is 16.3. The van der Waals surface area contributed by atoms with E-state index in [0.717, 1.165) is 23.5 Å². The van der Waals surface area contributed by atoms with Crippen molar-refractivity contribution in [2.75, 3.05) is 18.9 Å². The minimum atomic E-state index is -0.178. The number of likely N-dealkylation sites (N-methyl/N-ethyl adjacent to an activating group) is 1. The van der Waals surface area contributed by atoms with Crippen molar-refractivity contribution in [3.05, 3.63) is 42.0 Å². The van der Waals surface area contributed by atoms with Gasteiger partial charge in [0.1, 0.15) is 11.6 Å². The van der Waals surface area contributed by atoms with Gasteiger partial charge >= 0.3 is 0 Å². The van der Waals surface area contributed by atoms with Gasteiger partial charge in [-0.15, -0.1) is 10.2 Å². The Morgan fingerprint density at radius 1 is 1.19 bits per heavy atom. The van der Waals surface area contributed by atoms with Crippen molar-refractivity contribution in [2.24, 2.45) is 5.92 Å². The Morgan fingerprint density at radius 2 is 1.97 bits per heavy atom. The van der Waals surface area contributed by atoms with Crippen LogP contribution in [-0.4, -0.2) is 46.9 Å². The molecule has 1 amide bonds. The van der Waals surface area contributed by atoms with Gasteiger partial charge in [-0.1, -0.05) is 12.5 Å². The van der Waals surface area contributed by atoms with Crippen molar-refractivity contribution in [3.8, 4) is 17.0 Å². The average molecular weight is 422 g/mol. The minimum absolute atomic E-state index is 0.110. The number of phenols is 1. The number of hydrogen-bond acceptors (Lipinski definition) is 6. The summed E-state index contributed by atoms with van der Waals surface area (Å²) in [6.45, 7) is 2.75. The zero-order valence-corrected chi connectivity index (χ0v) is 18.2. The van der Waals surface area contributed by atoms with Crippen molar-refractivity contribution in [2.45, 2.75) is 51.1 Å². The molecule has 2 aliphatic heterocycles. The topological polar surface area (TPSA) is 99.2 Å². The summed E-state index contributed by atoms with van der Waals surface area (Å²) in [4.78, 5) is 11.5. The molecule has 164 valence electrons. The Bertz CT molecular complexity index is 945. The Hall–Kier alpha value is -2.93. The van der Waals surface area contributed by atoms with E-state index in [9.17, 15) is 9.90 Å². The highest BCUT2D eigenvalue weighted by Gasteiger charge is 2.30. The molecule has 7 nitrogen and oxygen atoms in total. The molecule has 2 saturated heterocycles. The molecule has 1 aromatic heterocycles. The summed E-state index contributed by atoms with van der Waals surface area (Å²) in [5.41, 5.74) is 2.78. The van der Waals surface area contributed by atoms with E-state index in [1.54, 1.807) is 19.2 Å². The van der Waals surface area contributed by atoms with E-state index >= 15 is 0 Å². The van der Waals surface area contributed by atoms with E-state index in [4.69, 9.17) is 0 Å². The van der Waals surface area contributed by atoms with Crippen LogP contribution in [-0.2, 0) is 4.79 Å². The number of allylic oxidation sites excluding steroid dienone is 1. The molecule has 2 bridgehead atoms. The predicted octanol–water partition coefficient (Wildman–Crippen LogP) is 3.33. The Morgan fingerprint density at radius 3 is 2.61 bits per heavy atom. The Kier molecular flexibility index (Phi) is 6.51. The molecular weight excluding hydrogens is 390 g/mol. The van der Waals surface area contributed by atoms with Gasteiger partial charge in [-0.25, -0.2) is 0 Å². The Labute approximate surface area is 183 Å². The van der Waals surface area contributed by atoms with Crippen LogP contribution in [0.2, 0.25) is 0 Å². The standard InChI is InChI=1S/C24H31N5O2/c1-15(10-24(31)25-2)17-6-7-20(22(30)13-17)21-8-9-23(29-28-21)26-14-16-11-18-4-3-5-19(12-16)27-18/h6-10,13,16,18-19,27,30H,3-5,11-12,14H2,1-2H3,(H,25,31)(H,26,29)/b15-10+. The predicted molar refractivity (Wildman–Crippen MR) is 123 cm³/mol. The summed E-state index contributed by atoms with van der Waals surface area (Å²) in [7, 11) is 1.58. The van der Waals surface area contributed by atoms with Gasteiger partial charge < -0.3 is 21.1 Å². The monoisotopic (exact) mass is 421 g/mol. The third kappa shape index (κ3) is 5.22.